The molecular formula is C20H26FN3O2. The fourth-order valence-corrected chi connectivity index (χ4v) is 2.39. The molecule has 0 aliphatic carbocycles. The highest BCUT2D eigenvalue weighted by molar-refractivity contribution is 5.79. The lowest BCUT2D eigenvalue weighted by atomic mass is 10.2. The summed E-state index contributed by atoms with van der Waals surface area (Å²) in [6, 6.07) is 12.2. The van der Waals surface area contributed by atoms with Crippen LogP contribution in [0.1, 0.15) is 25.0 Å². The second-order valence-corrected chi connectivity index (χ2v) is 5.59. The van der Waals surface area contributed by atoms with E-state index in [2.05, 4.69) is 15.6 Å². The van der Waals surface area contributed by atoms with E-state index in [4.69, 9.17) is 9.47 Å². The molecule has 0 amide bonds. The Hall–Kier alpha value is -2.76. The average Bonchev–Trinajstić information content (AvgIpc) is 2.66. The Bertz CT molecular complexity index is 717. The topological polar surface area (TPSA) is 54.9 Å². The van der Waals surface area contributed by atoms with E-state index in [1.165, 1.54) is 12.1 Å². The summed E-state index contributed by atoms with van der Waals surface area (Å²) in [7, 11) is 1.62. The van der Waals surface area contributed by atoms with Crippen molar-refractivity contribution >= 4 is 5.96 Å². The number of hydrogen-bond acceptors (Lipinski definition) is 3. The van der Waals surface area contributed by atoms with Gasteiger partial charge in [-0.25, -0.2) is 9.38 Å². The summed E-state index contributed by atoms with van der Waals surface area (Å²) >= 11 is 0. The van der Waals surface area contributed by atoms with Gasteiger partial charge in [0.1, 0.15) is 5.82 Å². The molecular weight excluding hydrogens is 333 g/mol. The summed E-state index contributed by atoms with van der Waals surface area (Å²) in [4.78, 5) is 4.59. The Morgan fingerprint density at radius 3 is 2.38 bits per heavy atom. The third-order valence-corrected chi connectivity index (χ3v) is 3.67. The Morgan fingerprint density at radius 2 is 1.73 bits per heavy atom. The molecule has 0 aliphatic heterocycles. The summed E-state index contributed by atoms with van der Waals surface area (Å²) in [6.07, 6.45) is 0. The second-order valence-electron chi connectivity index (χ2n) is 5.59. The predicted octanol–water partition coefficient (Wildman–Crippen LogP) is 3.49. The van der Waals surface area contributed by atoms with Gasteiger partial charge >= 0.3 is 0 Å². The highest BCUT2D eigenvalue weighted by Crippen LogP contribution is 2.28. The summed E-state index contributed by atoms with van der Waals surface area (Å²) in [5, 5.41) is 6.45. The van der Waals surface area contributed by atoms with Gasteiger partial charge in [-0.15, -0.1) is 0 Å². The van der Waals surface area contributed by atoms with Crippen molar-refractivity contribution in [2.45, 2.75) is 26.9 Å². The van der Waals surface area contributed by atoms with Gasteiger partial charge in [-0.05, 0) is 49.2 Å². The van der Waals surface area contributed by atoms with Crippen LogP contribution in [0.15, 0.2) is 47.5 Å². The van der Waals surface area contributed by atoms with Crippen LogP contribution in [0.2, 0.25) is 0 Å². The number of rotatable bonds is 8. The number of hydrogen-bond donors (Lipinski definition) is 2. The molecule has 0 aliphatic rings. The van der Waals surface area contributed by atoms with E-state index in [9.17, 15) is 4.39 Å². The van der Waals surface area contributed by atoms with Crippen LogP contribution < -0.4 is 20.1 Å². The fourth-order valence-electron chi connectivity index (χ4n) is 2.39. The van der Waals surface area contributed by atoms with Gasteiger partial charge < -0.3 is 20.1 Å². The zero-order valence-corrected chi connectivity index (χ0v) is 15.5. The van der Waals surface area contributed by atoms with E-state index >= 15 is 0 Å². The molecule has 2 N–H and O–H groups in total. The van der Waals surface area contributed by atoms with Crippen molar-refractivity contribution in [1.82, 2.24) is 10.6 Å². The van der Waals surface area contributed by atoms with Crippen molar-refractivity contribution < 1.29 is 13.9 Å². The molecule has 26 heavy (non-hydrogen) atoms. The van der Waals surface area contributed by atoms with Crippen molar-refractivity contribution in [2.24, 2.45) is 4.99 Å². The maximum absolute atomic E-state index is 13.0. The molecule has 0 bridgehead atoms. The molecule has 0 radical (unpaired) electrons. The van der Waals surface area contributed by atoms with Crippen LogP contribution in [0.25, 0.3) is 0 Å². The molecule has 0 saturated carbocycles. The largest absolute Gasteiger partial charge is 0.493 e. The standard InChI is InChI=1S/C20H26FN3O2/c1-4-22-20(23-13-15-6-9-17(21)10-7-15)24-14-16-8-11-18(26-5-2)19(12-16)25-3/h6-12H,4-5,13-14H2,1-3H3,(H2,22,23,24). The van der Waals surface area contributed by atoms with Crippen molar-refractivity contribution in [1.29, 1.82) is 0 Å². The van der Waals surface area contributed by atoms with Gasteiger partial charge in [0.15, 0.2) is 17.5 Å². The predicted molar refractivity (Wildman–Crippen MR) is 102 cm³/mol. The maximum atomic E-state index is 13.0. The summed E-state index contributed by atoms with van der Waals surface area (Å²) in [5.74, 6) is 1.89. The molecule has 2 aromatic rings. The van der Waals surface area contributed by atoms with E-state index in [1.807, 2.05) is 32.0 Å². The first-order valence-electron chi connectivity index (χ1n) is 8.72. The Kier molecular flexibility index (Phi) is 7.74. The number of nitrogens with zero attached hydrogens (tertiary/aromatic N) is 1. The van der Waals surface area contributed by atoms with Gasteiger partial charge in [-0.3, -0.25) is 0 Å². The third-order valence-electron chi connectivity index (χ3n) is 3.67. The molecule has 0 heterocycles. The van der Waals surface area contributed by atoms with Gasteiger partial charge in [0, 0.05) is 13.1 Å². The number of aliphatic imine (C=N–C) groups is 1. The molecule has 2 aromatic carbocycles. The van der Waals surface area contributed by atoms with Gasteiger partial charge in [0.2, 0.25) is 0 Å². The average molecular weight is 359 g/mol. The molecule has 0 atom stereocenters. The molecule has 0 spiro atoms. The number of halogens is 1. The second kappa shape index (κ2) is 10.3. The Balaban J connectivity index is 2.02. The lowest BCUT2D eigenvalue weighted by molar-refractivity contribution is 0.310. The van der Waals surface area contributed by atoms with Crippen molar-refractivity contribution in [3.63, 3.8) is 0 Å². The quantitative estimate of drug-likeness (QED) is 0.560. The van der Waals surface area contributed by atoms with Crippen molar-refractivity contribution in [3.05, 3.63) is 59.4 Å². The first kappa shape index (κ1) is 19.6. The SMILES string of the molecule is CCNC(=NCc1ccc(OCC)c(OC)c1)NCc1ccc(F)cc1. The minimum atomic E-state index is -0.237. The number of methoxy groups -OCH3 is 1. The highest BCUT2D eigenvalue weighted by atomic mass is 19.1. The number of ether oxygens (including phenoxy) is 2. The molecule has 6 heteroatoms. The maximum Gasteiger partial charge on any atom is 0.191 e. The van der Waals surface area contributed by atoms with Crippen LogP contribution in [-0.2, 0) is 13.1 Å². The Labute approximate surface area is 154 Å². The van der Waals surface area contributed by atoms with Gasteiger partial charge in [-0.2, -0.15) is 0 Å². The van der Waals surface area contributed by atoms with Crippen molar-refractivity contribution in [3.8, 4) is 11.5 Å². The van der Waals surface area contributed by atoms with Crippen LogP contribution in [0.5, 0.6) is 11.5 Å². The number of benzene rings is 2. The van der Waals surface area contributed by atoms with Crippen LogP contribution in [0, 0.1) is 5.82 Å². The van der Waals surface area contributed by atoms with Gasteiger partial charge in [0.25, 0.3) is 0 Å². The van der Waals surface area contributed by atoms with Crippen LogP contribution >= 0.6 is 0 Å². The van der Waals surface area contributed by atoms with Crippen LogP contribution in [-0.4, -0.2) is 26.2 Å². The normalized spacial score (nSPS) is 11.2. The zero-order chi connectivity index (χ0) is 18.8. The van der Waals surface area contributed by atoms with Gasteiger partial charge in [-0.1, -0.05) is 18.2 Å². The lowest BCUT2D eigenvalue weighted by Crippen LogP contribution is -2.36. The molecule has 0 unspecified atom stereocenters. The first-order chi connectivity index (χ1) is 12.7. The minimum absolute atomic E-state index is 0.237. The van der Waals surface area contributed by atoms with Gasteiger partial charge in [0.05, 0.1) is 20.3 Å². The first-order valence-corrected chi connectivity index (χ1v) is 8.72. The zero-order valence-electron chi connectivity index (χ0n) is 15.5. The number of guanidine groups is 1. The van der Waals surface area contributed by atoms with E-state index in [0.29, 0.717) is 31.4 Å². The molecule has 2 rings (SSSR count). The third kappa shape index (κ3) is 5.95. The van der Waals surface area contributed by atoms with Crippen LogP contribution in [0.3, 0.4) is 0 Å². The smallest absolute Gasteiger partial charge is 0.191 e. The van der Waals surface area contributed by atoms with E-state index in [0.717, 1.165) is 23.4 Å². The molecule has 0 saturated heterocycles. The lowest BCUT2D eigenvalue weighted by Gasteiger charge is -2.12. The Morgan fingerprint density at radius 1 is 1.00 bits per heavy atom. The molecule has 0 fully saturated rings. The van der Waals surface area contributed by atoms with Crippen molar-refractivity contribution in [2.75, 3.05) is 20.3 Å². The minimum Gasteiger partial charge on any atom is -0.493 e. The number of nitrogens with one attached hydrogen (secondary N) is 2. The van der Waals surface area contributed by atoms with E-state index in [1.54, 1.807) is 19.2 Å². The molecule has 5 nitrogen and oxygen atoms in total. The van der Waals surface area contributed by atoms with E-state index in [-0.39, 0.29) is 5.82 Å². The summed E-state index contributed by atoms with van der Waals surface area (Å²) in [6.45, 7) is 6.36. The summed E-state index contributed by atoms with van der Waals surface area (Å²) < 4.78 is 23.9. The molecule has 140 valence electrons. The van der Waals surface area contributed by atoms with E-state index < -0.39 is 0 Å². The summed E-state index contributed by atoms with van der Waals surface area (Å²) in [5.41, 5.74) is 2.00. The highest BCUT2D eigenvalue weighted by Gasteiger charge is 2.05. The monoisotopic (exact) mass is 359 g/mol. The fraction of sp³-hybridized carbons (Fsp3) is 0.350. The van der Waals surface area contributed by atoms with Crippen LogP contribution in [0.4, 0.5) is 4.39 Å². The molecule has 0 aromatic heterocycles.